The van der Waals surface area contributed by atoms with E-state index in [2.05, 4.69) is 4.98 Å². The highest BCUT2D eigenvalue weighted by atomic mass is 35.5. The molecule has 0 radical (unpaired) electrons. The largest absolute Gasteiger partial charge is 0.322 e. The minimum Gasteiger partial charge on any atom is -0.322 e. The van der Waals surface area contributed by atoms with Gasteiger partial charge in [0.15, 0.2) is 0 Å². The summed E-state index contributed by atoms with van der Waals surface area (Å²) >= 11 is 11.6. The van der Waals surface area contributed by atoms with Crippen molar-refractivity contribution in [3.63, 3.8) is 0 Å². The first-order valence-electron chi connectivity index (χ1n) is 5.38. The van der Waals surface area contributed by atoms with Crippen molar-refractivity contribution in [2.45, 2.75) is 12.5 Å². The zero-order valence-corrected chi connectivity index (χ0v) is 10.9. The zero-order valence-electron chi connectivity index (χ0n) is 9.41. The van der Waals surface area contributed by atoms with E-state index < -0.39 is 5.82 Å². The number of aromatic nitrogens is 1. The van der Waals surface area contributed by atoms with Gasteiger partial charge in [0.1, 0.15) is 5.82 Å². The summed E-state index contributed by atoms with van der Waals surface area (Å²) in [6.07, 6.45) is 2.08. The Kier molecular flexibility index (Phi) is 4.17. The van der Waals surface area contributed by atoms with E-state index >= 15 is 0 Å². The second-order valence-electron chi connectivity index (χ2n) is 3.93. The molecule has 2 nitrogen and oxygen atoms in total. The highest BCUT2D eigenvalue weighted by Gasteiger charge is 2.13. The summed E-state index contributed by atoms with van der Waals surface area (Å²) in [6.45, 7) is 0. The van der Waals surface area contributed by atoms with Crippen molar-refractivity contribution in [2.24, 2.45) is 5.73 Å². The van der Waals surface area contributed by atoms with Crippen LogP contribution in [0.15, 0.2) is 36.5 Å². The van der Waals surface area contributed by atoms with Crippen LogP contribution in [0.3, 0.4) is 0 Å². The van der Waals surface area contributed by atoms with E-state index in [0.29, 0.717) is 17.1 Å². The lowest BCUT2D eigenvalue weighted by atomic mass is 10.0. The van der Waals surface area contributed by atoms with Crippen LogP contribution in [0.5, 0.6) is 0 Å². The van der Waals surface area contributed by atoms with E-state index in [1.807, 2.05) is 0 Å². The second-order valence-corrected chi connectivity index (χ2v) is 4.74. The first-order valence-corrected chi connectivity index (χ1v) is 6.13. The van der Waals surface area contributed by atoms with Crippen molar-refractivity contribution in [1.29, 1.82) is 0 Å². The molecule has 1 atom stereocenters. The smallest absolute Gasteiger partial charge is 0.142 e. The lowest BCUT2D eigenvalue weighted by Crippen LogP contribution is -2.15. The van der Waals surface area contributed by atoms with Gasteiger partial charge in [0.25, 0.3) is 0 Å². The third kappa shape index (κ3) is 2.99. The molecule has 0 amide bonds. The fourth-order valence-electron chi connectivity index (χ4n) is 1.69. The average Bonchev–Trinajstić information content (AvgIpc) is 2.34. The minimum atomic E-state index is -0.450. The Balaban J connectivity index is 2.19. The fraction of sp³-hybridized carbons (Fsp3) is 0.154. The van der Waals surface area contributed by atoms with Crippen molar-refractivity contribution in [3.05, 3.63) is 63.6 Å². The van der Waals surface area contributed by atoms with Crippen molar-refractivity contribution in [3.8, 4) is 0 Å². The standard InChI is InChI=1S/C13H11Cl2FN2/c14-9-4-3-8(6-11(9)16)7-12(17)13-10(15)2-1-5-18-13/h1-6,12H,7,17H2. The van der Waals surface area contributed by atoms with Gasteiger partial charge < -0.3 is 5.73 Å². The SMILES string of the molecule is NC(Cc1ccc(Cl)c(F)c1)c1ncccc1Cl. The monoisotopic (exact) mass is 284 g/mol. The summed E-state index contributed by atoms with van der Waals surface area (Å²) in [7, 11) is 0. The van der Waals surface area contributed by atoms with Crippen molar-refractivity contribution < 1.29 is 4.39 Å². The summed E-state index contributed by atoms with van der Waals surface area (Å²) in [5, 5.41) is 0.614. The average molecular weight is 285 g/mol. The molecular weight excluding hydrogens is 274 g/mol. The molecule has 0 aliphatic carbocycles. The molecule has 94 valence electrons. The summed E-state index contributed by atoms with van der Waals surface area (Å²) in [5.74, 6) is -0.450. The van der Waals surface area contributed by atoms with Crippen LogP contribution in [0.1, 0.15) is 17.3 Å². The fourth-order valence-corrected chi connectivity index (χ4v) is 2.07. The van der Waals surface area contributed by atoms with Gasteiger partial charge in [0.2, 0.25) is 0 Å². The molecule has 0 aliphatic heterocycles. The van der Waals surface area contributed by atoms with Gasteiger partial charge in [0.05, 0.1) is 21.8 Å². The van der Waals surface area contributed by atoms with E-state index in [1.54, 1.807) is 24.4 Å². The third-order valence-corrected chi connectivity index (χ3v) is 3.20. The number of pyridine rings is 1. The molecule has 0 fully saturated rings. The van der Waals surface area contributed by atoms with Crippen LogP contribution >= 0.6 is 23.2 Å². The highest BCUT2D eigenvalue weighted by molar-refractivity contribution is 6.31. The second kappa shape index (κ2) is 5.65. The van der Waals surface area contributed by atoms with Crippen LogP contribution in [0, 0.1) is 5.82 Å². The van der Waals surface area contributed by atoms with Crippen LogP contribution < -0.4 is 5.73 Å². The summed E-state index contributed by atoms with van der Waals surface area (Å²) in [6, 6.07) is 7.71. The molecule has 2 rings (SSSR count). The lowest BCUT2D eigenvalue weighted by Gasteiger charge is -2.12. The molecule has 1 aromatic heterocycles. The van der Waals surface area contributed by atoms with Crippen molar-refractivity contribution in [1.82, 2.24) is 4.98 Å². The molecule has 0 saturated heterocycles. The molecule has 1 heterocycles. The van der Waals surface area contributed by atoms with Gasteiger partial charge in [-0.25, -0.2) is 4.39 Å². The number of halogens is 3. The predicted octanol–water partition coefficient (Wildman–Crippen LogP) is 3.77. The summed E-state index contributed by atoms with van der Waals surface area (Å²) < 4.78 is 13.3. The number of hydrogen-bond acceptors (Lipinski definition) is 2. The normalized spacial score (nSPS) is 12.4. The Morgan fingerprint density at radius 2 is 2.00 bits per heavy atom. The summed E-state index contributed by atoms with van der Waals surface area (Å²) in [4.78, 5) is 4.14. The minimum absolute atomic E-state index is 0.100. The number of nitrogens with two attached hydrogens (primary N) is 1. The van der Waals surface area contributed by atoms with Gasteiger partial charge in [-0.3, -0.25) is 4.98 Å². The van der Waals surface area contributed by atoms with Crippen LogP contribution in [-0.4, -0.2) is 4.98 Å². The highest BCUT2D eigenvalue weighted by Crippen LogP contribution is 2.23. The molecule has 0 bridgehead atoms. The van der Waals surface area contributed by atoms with E-state index in [1.165, 1.54) is 12.1 Å². The van der Waals surface area contributed by atoms with E-state index in [9.17, 15) is 4.39 Å². The maximum absolute atomic E-state index is 13.3. The maximum Gasteiger partial charge on any atom is 0.142 e. The molecule has 18 heavy (non-hydrogen) atoms. The Hall–Kier alpha value is -1.16. The van der Waals surface area contributed by atoms with E-state index in [-0.39, 0.29) is 11.1 Å². The summed E-state index contributed by atoms with van der Waals surface area (Å²) in [5.41, 5.74) is 7.38. The van der Waals surface area contributed by atoms with Gasteiger partial charge in [-0.1, -0.05) is 29.3 Å². The molecular formula is C13H11Cl2FN2. The molecule has 0 aliphatic rings. The van der Waals surface area contributed by atoms with Crippen molar-refractivity contribution in [2.75, 3.05) is 0 Å². The number of rotatable bonds is 3. The molecule has 2 N–H and O–H groups in total. The van der Waals surface area contributed by atoms with Crippen LogP contribution in [0.2, 0.25) is 10.0 Å². The molecule has 0 saturated carbocycles. The van der Waals surface area contributed by atoms with Gasteiger partial charge >= 0.3 is 0 Å². The lowest BCUT2D eigenvalue weighted by molar-refractivity contribution is 0.621. The number of benzene rings is 1. The Labute approximate surface area is 115 Å². The Bertz CT molecular complexity index is 560. The molecule has 2 aromatic rings. The number of hydrogen-bond donors (Lipinski definition) is 1. The van der Waals surface area contributed by atoms with Crippen LogP contribution in [0.25, 0.3) is 0 Å². The number of nitrogens with zero attached hydrogens (tertiary/aromatic N) is 1. The zero-order chi connectivity index (χ0) is 13.1. The van der Waals surface area contributed by atoms with Gasteiger partial charge in [-0.15, -0.1) is 0 Å². The Morgan fingerprint density at radius 3 is 2.67 bits per heavy atom. The van der Waals surface area contributed by atoms with E-state index in [0.717, 1.165) is 5.56 Å². The van der Waals surface area contributed by atoms with Crippen LogP contribution in [0.4, 0.5) is 4.39 Å². The van der Waals surface area contributed by atoms with Crippen molar-refractivity contribution >= 4 is 23.2 Å². The third-order valence-electron chi connectivity index (χ3n) is 2.58. The van der Waals surface area contributed by atoms with E-state index in [4.69, 9.17) is 28.9 Å². The molecule has 1 aromatic carbocycles. The predicted molar refractivity (Wildman–Crippen MR) is 71.3 cm³/mol. The molecule has 5 heteroatoms. The van der Waals surface area contributed by atoms with Crippen LogP contribution in [-0.2, 0) is 6.42 Å². The van der Waals surface area contributed by atoms with Gasteiger partial charge in [0, 0.05) is 6.20 Å². The quantitative estimate of drug-likeness (QED) is 0.932. The Morgan fingerprint density at radius 1 is 1.22 bits per heavy atom. The first-order chi connectivity index (χ1) is 8.58. The topological polar surface area (TPSA) is 38.9 Å². The molecule has 1 unspecified atom stereocenters. The van der Waals surface area contributed by atoms with Gasteiger partial charge in [-0.05, 0) is 36.2 Å². The first kappa shape index (κ1) is 13.3. The molecule has 0 spiro atoms. The van der Waals surface area contributed by atoms with Gasteiger partial charge in [-0.2, -0.15) is 0 Å². The maximum atomic E-state index is 13.3.